The summed E-state index contributed by atoms with van der Waals surface area (Å²) >= 11 is 5.04. The maximum atomic E-state index is 11.6. The van der Waals surface area contributed by atoms with E-state index in [2.05, 4.69) is 24.5 Å². The number of hydrogen-bond donors (Lipinski definition) is 3. The van der Waals surface area contributed by atoms with Gasteiger partial charge in [0, 0.05) is 30.8 Å². The quantitative estimate of drug-likeness (QED) is 0.674. The van der Waals surface area contributed by atoms with E-state index in [1.807, 2.05) is 25.1 Å². The summed E-state index contributed by atoms with van der Waals surface area (Å²) in [7, 11) is 0. The molecule has 0 spiro atoms. The van der Waals surface area contributed by atoms with Gasteiger partial charge in [-0.1, -0.05) is 38.2 Å². The second-order valence-corrected chi connectivity index (χ2v) is 5.68. The zero-order chi connectivity index (χ0) is 15.1. The Morgan fingerprint density at radius 3 is 2.70 bits per heavy atom. The Hall–Kier alpha value is -1.62. The molecule has 4 N–H and O–H groups in total. The number of nitrogens with one attached hydrogen (secondary N) is 2. The Balaban J connectivity index is 2.54. The fourth-order valence-electron chi connectivity index (χ4n) is 1.82. The molecule has 0 aliphatic rings. The number of thiocarbonyl (C=S) groups is 1. The summed E-state index contributed by atoms with van der Waals surface area (Å²) in [6, 6.07) is 5.80. The van der Waals surface area contributed by atoms with Crippen LogP contribution in [-0.4, -0.2) is 24.0 Å². The lowest BCUT2D eigenvalue weighted by Gasteiger charge is -2.14. The molecule has 1 aromatic rings. The van der Waals surface area contributed by atoms with Crippen LogP contribution >= 0.6 is 12.2 Å². The number of aryl methyl sites for hydroxylation is 1. The Bertz CT molecular complexity index is 486. The average Bonchev–Trinajstić information content (AvgIpc) is 2.37. The largest absolute Gasteiger partial charge is 0.389 e. The molecule has 0 heterocycles. The van der Waals surface area contributed by atoms with E-state index in [1.165, 1.54) is 0 Å². The van der Waals surface area contributed by atoms with Gasteiger partial charge in [-0.15, -0.1) is 0 Å². The van der Waals surface area contributed by atoms with Crippen molar-refractivity contribution in [1.82, 2.24) is 5.32 Å². The van der Waals surface area contributed by atoms with E-state index in [-0.39, 0.29) is 5.91 Å². The molecule has 1 aromatic carbocycles. The first-order valence-corrected chi connectivity index (χ1v) is 7.22. The molecule has 1 rings (SSSR count). The number of para-hydroxylation sites is 1. The summed E-state index contributed by atoms with van der Waals surface area (Å²) in [6.07, 6.45) is 0.428. The van der Waals surface area contributed by atoms with Crippen molar-refractivity contribution in [2.75, 3.05) is 18.4 Å². The standard InChI is InChI=1S/C15H23N3OS/c1-10(2)9-18-13(19)7-8-17-14-11(3)5-4-6-12(14)15(16)20/h4-6,10,17H,7-9H2,1-3H3,(H2,16,20)(H,18,19). The summed E-state index contributed by atoms with van der Waals surface area (Å²) in [6.45, 7) is 7.40. The molecule has 0 radical (unpaired) electrons. The molecule has 0 saturated heterocycles. The molecular weight excluding hydrogens is 270 g/mol. The first kappa shape index (κ1) is 16.4. The Morgan fingerprint density at radius 1 is 1.40 bits per heavy atom. The van der Waals surface area contributed by atoms with Crippen molar-refractivity contribution in [2.24, 2.45) is 11.7 Å². The number of anilines is 1. The smallest absolute Gasteiger partial charge is 0.221 e. The first-order chi connectivity index (χ1) is 9.41. The topological polar surface area (TPSA) is 67.1 Å². The lowest BCUT2D eigenvalue weighted by Crippen LogP contribution is -2.29. The van der Waals surface area contributed by atoms with Crippen molar-refractivity contribution in [3.05, 3.63) is 29.3 Å². The van der Waals surface area contributed by atoms with Crippen LogP contribution in [0.25, 0.3) is 0 Å². The zero-order valence-electron chi connectivity index (χ0n) is 12.3. The van der Waals surface area contributed by atoms with Crippen LogP contribution in [0.3, 0.4) is 0 Å². The predicted molar refractivity (Wildman–Crippen MR) is 88.0 cm³/mol. The Kier molecular flexibility index (Phi) is 6.45. The van der Waals surface area contributed by atoms with Crippen molar-refractivity contribution < 1.29 is 4.79 Å². The minimum Gasteiger partial charge on any atom is -0.389 e. The monoisotopic (exact) mass is 293 g/mol. The molecule has 110 valence electrons. The van der Waals surface area contributed by atoms with Gasteiger partial charge in [0.25, 0.3) is 0 Å². The molecule has 0 aromatic heterocycles. The van der Waals surface area contributed by atoms with Gasteiger partial charge in [0.2, 0.25) is 5.91 Å². The van der Waals surface area contributed by atoms with Gasteiger partial charge >= 0.3 is 0 Å². The fourth-order valence-corrected chi connectivity index (χ4v) is 1.99. The highest BCUT2D eigenvalue weighted by molar-refractivity contribution is 7.80. The van der Waals surface area contributed by atoms with Crippen LogP contribution in [0.4, 0.5) is 5.69 Å². The maximum Gasteiger partial charge on any atom is 0.221 e. The van der Waals surface area contributed by atoms with Crippen LogP contribution in [0.2, 0.25) is 0 Å². The normalized spacial score (nSPS) is 10.4. The van der Waals surface area contributed by atoms with E-state index in [1.54, 1.807) is 0 Å². The molecular formula is C15H23N3OS. The Labute approximate surface area is 126 Å². The van der Waals surface area contributed by atoms with Gasteiger partial charge in [-0.25, -0.2) is 0 Å². The Morgan fingerprint density at radius 2 is 2.10 bits per heavy atom. The van der Waals surface area contributed by atoms with Crippen molar-refractivity contribution in [3.63, 3.8) is 0 Å². The fraction of sp³-hybridized carbons (Fsp3) is 0.467. The summed E-state index contributed by atoms with van der Waals surface area (Å²) in [5.41, 5.74) is 8.51. The van der Waals surface area contributed by atoms with Crippen molar-refractivity contribution >= 4 is 28.8 Å². The molecule has 4 nitrogen and oxygen atoms in total. The maximum absolute atomic E-state index is 11.6. The number of benzene rings is 1. The second-order valence-electron chi connectivity index (χ2n) is 5.24. The van der Waals surface area contributed by atoms with E-state index in [9.17, 15) is 4.79 Å². The number of carbonyl (C=O) groups is 1. The van der Waals surface area contributed by atoms with Crippen LogP contribution in [-0.2, 0) is 4.79 Å². The number of rotatable bonds is 7. The molecule has 0 aliphatic carbocycles. The highest BCUT2D eigenvalue weighted by Gasteiger charge is 2.08. The summed E-state index contributed by atoms with van der Waals surface area (Å²) in [4.78, 5) is 12.0. The molecule has 1 amide bonds. The van der Waals surface area contributed by atoms with E-state index < -0.39 is 0 Å². The van der Waals surface area contributed by atoms with Crippen LogP contribution < -0.4 is 16.4 Å². The molecule has 20 heavy (non-hydrogen) atoms. The molecule has 0 aliphatic heterocycles. The zero-order valence-corrected chi connectivity index (χ0v) is 13.1. The molecule has 0 fully saturated rings. The van der Waals surface area contributed by atoms with Gasteiger partial charge in [0.15, 0.2) is 0 Å². The highest BCUT2D eigenvalue weighted by Crippen LogP contribution is 2.20. The van der Waals surface area contributed by atoms with Crippen molar-refractivity contribution in [1.29, 1.82) is 0 Å². The molecule has 0 atom stereocenters. The van der Waals surface area contributed by atoms with E-state index in [4.69, 9.17) is 18.0 Å². The molecule has 0 bridgehead atoms. The minimum atomic E-state index is 0.0525. The number of carbonyl (C=O) groups excluding carboxylic acids is 1. The average molecular weight is 293 g/mol. The SMILES string of the molecule is Cc1cccc(C(N)=S)c1NCCC(=O)NCC(C)C. The lowest BCUT2D eigenvalue weighted by molar-refractivity contribution is -0.120. The van der Waals surface area contributed by atoms with Gasteiger partial charge in [-0.2, -0.15) is 0 Å². The highest BCUT2D eigenvalue weighted by atomic mass is 32.1. The summed E-state index contributed by atoms with van der Waals surface area (Å²) < 4.78 is 0. The van der Waals surface area contributed by atoms with E-state index >= 15 is 0 Å². The minimum absolute atomic E-state index is 0.0525. The van der Waals surface area contributed by atoms with E-state index in [0.29, 0.717) is 30.4 Å². The van der Waals surface area contributed by atoms with Crippen molar-refractivity contribution in [2.45, 2.75) is 27.2 Å². The van der Waals surface area contributed by atoms with Crippen LogP contribution in [0.15, 0.2) is 18.2 Å². The third-order valence-electron chi connectivity index (χ3n) is 2.90. The number of hydrogen-bond acceptors (Lipinski definition) is 3. The van der Waals surface area contributed by atoms with Gasteiger partial charge < -0.3 is 16.4 Å². The first-order valence-electron chi connectivity index (χ1n) is 6.81. The van der Waals surface area contributed by atoms with Crippen LogP contribution in [0, 0.1) is 12.8 Å². The third kappa shape index (κ3) is 5.17. The summed E-state index contributed by atoms with van der Waals surface area (Å²) in [5.74, 6) is 0.515. The third-order valence-corrected chi connectivity index (χ3v) is 3.12. The van der Waals surface area contributed by atoms with Gasteiger partial charge in [-0.05, 0) is 24.5 Å². The molecule has 5 heteroatoms. The van der Waals surface area contributed by atoms with Crippen LogP contribution in [0.1, 0.15) is 31.4 Å². The van der Waals surface area contributed by atoms with Gasteiger partial charge in [-0.3, -0.25) is 4.79 Å². The lowest BCUT2D eigenvalue weighted by atomic mass is 10.1. The molecule has 0 saturated carbocycles. The number of nitrogens with two attached hydrogens (primary N) is 1. The van der Waals surface area contributed by atoms with Crippen LogP contribution in [0.5, 0.6) is 0 Å². The van der Waals surface area contributed by atoms with Gasteiger partial charge in [0.05, 0.1) is 0 Å². The second kappa shape index (κ2) is 7.85. The van der Waals surface area contributed by atoms with Crippen molar-refractivity contribution in [3.8, 4) is 0 Å². The predicted octanol–water partition coefficient (Wildman–Crippen LogP) is 2.20. The van der Waals surface area contributed by atoms with Gasteiger partial charge in [0.1, 0.15) is 4.99 Å². The summed E-state index contributed by atoms with van der Waals surface area (Å²) in [5, 5.41) is 6.14. The molecule has 0 unspecified atom stereocenters. The number of amides is 1. The van der Waals surface area contributed by atoms with E-state index in [0.717, 1.165) is 16.8 Å².